The number of unbranched alkanes of at least 4 members (excludes halogenated alkanes) is 3. The number of carbonyl (C=O) groups is 6. The van der Waals surface area contributed by atoms with Gasteiger partial charge >= 0.3 is 17.9 Å². The number of carbonyl (C=O) groups excluding carboxylic acids is 5. The molecule has 88 heavy (non-hydrogen) atoms. The molecule has 1 saturated carbocycles. The standard InChI is InChI=1S/C30H35NO3.C23H38O5.C16H16N2O6S2/c1-30(2)29(23-9-5-4-6-10-23)28(26-16-15-25(32-3)21-27(26)34-30)22-11-13-24(14-12-22)33-20-19-31-17-7-8-18-31;1-5-6-15-23(2,3)21(26)14-13-18-17(19(24)16-20(18)25)11-9-7-8-10-12-22(27)28-4;1-8(19)24-6-9-7-26-15-12(14(21)18(15)13(9)16(22)23)17-11(20)5-10-3-2-4-25-10/h4-6,9-16,21,28-29H,7-8,17-20H2,1-3H3;10,12-14,17-18,20-21,25-26H,5-9,11,15-16H2,1-4H3;2-4,12,15H,5-7H2,1H3,(H,17,20)(H,22,23)/b;12-10+,14-13+;/t28-,29+;17-,18-,20-,21-;12-,15-/m111/s1. The van der Waals surface area contributed by atoms with Crippen molar-refractivity contribution in [2.24, 2.45) is 17.3 Å². The molecule has 9 rings (SSSR count). The van der Waals surface area contributed by atoms with Crippen molar-refractivity contribution >= 4 is 58.6 Å². The number of aliphatic hydroxyl groups excluding tert-OH is 2. The van der Waals surface area contributed by atoms with E-state index in [2.05, 4.69) is 96.4 Å². The van der Waals surface area contributed by atoms with Gasteiger partial charge in [-0.25, -0.2) is 9.59 Å². The molecule has 4 aliphatic heterocycles. The minimum Gasteiger partial charge on any atom is -0.497 e. The van der Waals surface area contributed by atoms with Crippen molar-refractivity contribution in [1.29, 1.82) is 0 Å². The van der Waals surface area contributed by atoms with E-state index in [-0.39, 0.29) is 71.9 Å². The fourth-order valence-electron chi connectivity index (χ4n) is 12.1. The Hall–Kier alpha value is -6.77. The van der Waals surface area contributed by atoms with E-state index in [9.17, 15) is 44.1 Å². The van der Waals surface area contributed by atoms with E-state index >= 15 is 0 Å². The molecule has 4 N–H and O–H groups in total. The number of hydrogen-bond donors (Lipinski definition) is 4. The molecule has 0 spiro atoms. The van der Waals surface area contributed by atoms with E-state index in [1.807, 2.05) is 49.6 Å². The minimum absolute atomic E-state index is 0.104. The number of thiophene rings is 1. The molecule has 1 aromatic heterocycles. The number of ketones is 1. The predicted octanol–water partition coefficient (Wildman–Crippen LogP) is 10.8. The van der Waals surface area contributed by atoms with Crippen molar-refractivity contribution in [3.63, 3.8) is 0 Å². The lowest BCUT2D eigenvalue weighted by atomic mass is 9.68. The van der Waals surface area contributed by atoms with Crippen LogP contribution in [-0.4, -0.2) is 143 Å². The summed E-state index contributed by atoms with van der Waals surface area (Å²) >= 11 is 2.79. The summed E-state index contributed by atoms with van der Waals surface area (Å²) in [6, 6.07) is 28.5. The zero-order valence-corrected chi connectivity index (χ0v) is 53.8. The topological polar surface area (TPSA) is 228 Å². The number of aliphatic carboxylic acids is 1. The monoisotopic (exact) mass is 1250 g/mol. The molecular weight excluding hydrogens is 1160 g/mol. The second kappa shape index (κ2) is 32.6. The quantitative estimate of drug-likeness (QED) is 0.0159. The summed E-state index contributed by atoms with van der Waals surface area (Å²) in [6.45, 7) is 15.8. The number of Topliss-reactive ketones (excluding diaryl/α,β-unsaturated/α-hetero) is 1. The molecule has 5 aliphatic rings. The van der Waals surface area contributed by atoms with Crippen LogP contribution in [0, 0.1) is 17.3 Å². The number of carboxylic acids is 1. The number of amides is 2. The van der Waals surface area contributed by atoms with Gasteiger partial charge in [0.15, 0.2) is 0 Å². The Morgan fingerprint density at radius 3 is 2.32 bits per heavy atom. The van der Waals surface area contributed by atoms with Crippen LogP contribution in [0.15, 0.2) is 126 Å². The number of esters is 2. The highest BCUT2D eigenvalue weighted by molar-refractivity contribution is 8.00. The Labute approximate surface area is 526 Å². The molecule has 0 bridgehead atoms. The third kappa shape index (κ3) is 18.4. The van der Waals surface area contributed by atoms with E-state index in [1.54, 1.807) is 19.3 Å². The fourth-order valence-corrected chi connectivity index (χ4v) is 14.2. The summed E-state index contributed by atoms with van der Waals surface area (Å²) in [5.74, 6) is 0.0570. The maximum atomic E-state index is 12.4. The number of fused-ring (bicyclic) bond motifs is 2. The largest absolute Gasteiger partial charge is 0.497 e. The zero-order chi connectivity index (χ0) is 63.5. The number of ether oxygens (including phenoxy) is 5. The first-order valence-electron chi connectivity index (χ1n) is 30.7. The number of nitrogens with one attached hydrogen (secondary N) is 1. The molecule has 0 radical (unpaired) electrons. The molecular formula is C69H89N3O14S2. The number of nitrogens with zero attached hydrogens (tertiary/aromatic N) is 2. The second-order valence-corrected chi connectivity index (χ2v) is 26.4. The van der Waals surface area contributed by atoms with Crippen molar-refractivity contribution in [1.82, 2.24) is 15.1 Å². The van der Waals surface area contributed by atoms with Gasteiger partial charge in [-0.1, -0.05) is 113 Å². The number of thioether (sulfide) groups is 1. The molecule has 3 aromatic carbocycles. The first-order chi connectivity index (χ1) is 42.2. The Kier molecular flexibility index (Phi) is 25.5. The molecule has 4 aromatic rings. The first-order valence-corrected chi connectivity index (χ1v) is 32.6. The van der Waals surface area contributed by atoms with Crippen LogP contribution in [0.2, 0.25) is 0 Å². The van der Waals surface area contributed by atoms with Crippen LogP contribution in [0.5, 0.6) is 17.2 Å². The van der Waals surface area contributed by atoms with Gasteiger partial charge in [0.2, 0.25) is 5.91 Å². The molecule has 476 valence electrons. The molecule has 2 saturated heterocycles. The Balaban J connectivity index is 0.000000191. The highest BCUT2D eigenvalue weighted by Gasteiger charge is 2.54. The van der Waals surface area contributed by atoms with Gasteiger partial charge in [-0.05, 0) is 112 Å². The molecule has 19 heteroatoms. The van der Waals surface area contributed by atoms with Crippen LogP contribution in [0.25, 0.3) is 0 Å². The van der Waals surface area contributed by atoms with Crippen LogP contribution in [0.3, 0.4) is 0 Å². The second-order valence-electron chi connectivity index (χ2n) is 24.2. The molecule has 3 fully saturated rings. The van der Waals surface area contributed by atoms with Crippen LogP contribution < -0.4 is 19.5 Å². The molecule has 2 amide bonds. The van der Waals surface area contributed by atoms with Gasteiger partial charge in [-0.2, -0.15) is 0 Å². The Morgan fingerprint density at radius 1 is 0.932 bits per heavy atom. The molecule has 1 aliphatic carbocycles. The molecule has 17 nitrogen and oxygen atoms in total. The maximum Gasteiger partial charge on any atom is 0.352 e. The lowest BCUT2D eigenvalue weighted by molar-refractivity contribution is -0.151. The molecule has 8 atom stereocenters. The van der Waals surface area contributed by atoms with Gasteiger partial charge in [0, 0.05) is 77.5 Å². The van der Waals surface area contributed by atoms with Gasteiger partial charge in [-0.15, -0.1) is 23.1 Å². The van der Waals surface area contributed by atoms with Crippen molar-refractivity contribution in [2.75, 3.05) is 52.8 Å². The van der Waals surface area contributed by atoms with Crippen LogP contribution in [-0.2, 0) is 44.7 Å². The van der Waals surface area contributed by atoms with Gasteiger partial charge in [-0.3, -0.25) is 29.0 Å². The number of hydrogen-bond acceptors (Lipinski definition) is 16. The van der Waals surface area contributed by atoms with Gasteiger partial charge in [0.05, 0.1) is 32.8 Å². The van der Waals surface area contributed by atoms with E-state index in [4.69, 9.17) is 18.9 Å². The number of likely N-dealkylation sites (tertiary alicyclic amines) is 1. The number of methoxy groups -OCH3 is 2. The summed E-state index contributed by atoms with van der Waals surface area (Å²) in [5, 5.41) is 34.4. The Bertz CT molecular complexity index is 3060. The summed E-state index contributed by atoms with van der Waals surface area (Å²) < 4.78 is 27.6. The van der Waals surface area contributed by atoms with Crippen molar-refractivity contribution in [2.45, 2.75) is 153 Å². The first kappa shape index (κ1) is 68.7. The number of β-lactam (4-membered cyclic amide) rings is 1. The SMILES string of the molecule is CC(=O)OCC1=C(C(=O)O)N2C(=O)[C@@H](NC(=O)Cc3cccs3)[C@H]2SC1.CCCCC(C)(C)[C@H](O)/C=C/[C@H]1[C@H](O)CC(=O)[C@@H]1CCCC/C=C/C(=O)OC.COc1ccc2c(c1)OC(C)(C)[C@@H](c1ccccc1)[C@@H]2c1ccc(OCCN2CCCC2)cc1. The Morgan fingerprint density at radius 2 is 1.66 bits per heavy atom. The van der Waals surface area contributed by atoms with Crippen molar-refractivity contribution in [3.8, 4) is 17.2 Å². The summed E-state index contributed by atoms with van der Waals surface area (Å²) in [6.07, 6.45) is 14.8. The number of benzene rings is 3. The number of allylic oxidation sites excluding steroid dienone is 1. The summed E-state index contributed by atoms with van der Waals surface area (Å²) in [4.78, 5) is 75.0. The van der Waals surface area contributed by atoms with Gasteiger partial charge in [0.1, 0.15) is 59.0 Å². The van der Waals surface area contributed by atoms with E-state index in [0.29, 0.717) is 17.7 Å². The van der Waals surface area contributed by atoms with Crippen LogP contribution >= 0.6 is 23.1 Å². The number of carboxylic acid groups (broad SMARTS) is 1. The third-order valence-corrected chi connectivity index (χ3v) is 19.2. The average molecular weight is 1250 g/mol. The zero-order valence-electron chi connectivity index (χ0n) is 52.2. The maximum absolute atomic E-state index is 12.4. The van der Waals surface area contributed by atoms with E-state index in [1.165, 1.54) is 85.8 Å². The molecule has 5 heterocycles. The van der Waals surface area contributed by atoms with Crippen molar-refractivity contribution in [3.05, 3.63) is 147 Å². The lowest BCUT2D eigenvalue weighted by Gasteiger charge is -2.49. The van der Waals surface area contributed by atoms with Crippen LogP contribution in [0.1, 0.15) is 139 Å². The summed E-state index contributed by atoms with van der Waals surface area (Å²) in [5.41, 5.74) is 3.33. The minimum atomic E-state index is -1.26. The van der Waals surface area contributed by atoms with E-state index < -0.39 is 47.1 Å². The lowest BCUT2D eigenvalue weighted by Crippen LogP contribution is -2.70. The number of rotatable bonds is 25. The molecule has 0 unspecified atom stereocenters. The summed E-state index contributed by atoms with van der Waals surface area (Å²) in [7, 11) is 3.04. The number of aliphatic hydroxyl groups is 2. The van der Waals surface area contributed by atoms with E-state index in [0.717, 1.165) is 78.7 Å². The third-order valence-electron chi connectivity index (χ3n) is 17.0. The van der Waals surface area contributed by atoms with Crippen molar-refractivity contribution < 1.29 is 67.8 Å². The van der Waals surface area contributed by atoms with Gasteiger partial charge in [0.25, 0.3) is 5.91 Å². The highest BCUT2D eigenvalue weighted by atomic mass is 32.2. The average Bonchev–Trinajstić information content (AvgIpc) is 0.951. The van der Waals surface area contributed by atoms with Gasteiger partial charge < -0.3 is 44.3 Å². The normalized spacial score (nSPS) is 22.5. The van der Waals surface area contributed by atoms with Crippen LogP contribution in [0.4, 0.5) is 0 Å². The smallest absolute Gasteiger partial charge is 0.352 e. The fraction of sp³-hybridized carbons (Fsp3) is 0.507. The highest BCUT2D eigenvalue weighted by Crippen LogP contribution is 2.54. The predicted molar refractivity (Wildman–Crippen MR) is 341 cm³/mol.